The molecule has 0 unspecified atom stereocenters. The van der Waals surface area contributed by atoms with Crippen LogP contribution in [0.5, 0.6) is 0 Å². The fourth-order valence-corrected chi connectivity index (χ4v) is 2.95. The van der Waals surface area contributed by atoms with Gasteiger partial charge in [0.2, 0.25) is 5.91 Å². The van der Waals surface area contributed by atoms with E-state index in [4.69, 9.17) is 8.94 Å². The fourth-order valence-electron chi connectivity index (χ4n) is 2.95. The van der Waals surface area contributed by atoms with Gasteiger partial charge in [-0.05, 0) is 31.2 Å². The molecule has 4 aromatic rings. The van der Waals surface area contributed by atoms with Gasteiger partial charge in [-0.25, -0.2) is 0 Å². The maximum atomic E-state index is 12.7. The van der Waals surface area contributed by atoms with Gasteiger partial charge in [-0.1, -0.05) is 35.5 Å². The predicted molar refractivity (Wildman–Crippen MR) is 95.1 cm³/mol. The predicted octanol–water partition coefficient (Wildman–Crippen LogP) is 4.34. The second-order valence-electron chi connectivity index (χ2n) is 6.17. The van der Waals surface area contributed by atoms with Gasteiger partial charge in [0.15, 0.2) is 5.58 Å². The van der Waals surface area contributed by atoms with Gasteiger partial charge in [0.25, 0.3) is 0 Å². The lowest BCUT2D eigenvalue weighted by molar-refractivity contribution is -0.131. The zero-order valence-corrected chi connectivity index (χ0v) is 14.1. The number of furan rings is 1. The van der Waals surface area contributed by atoms with Crippen molar-refractivity contribution in [2.45, 2.75) is 19.4 Å². The Morgan fingerprint density at radius 3 is 2.64 bits per heavy atom. The van der Waals surface area contributed by atoms with Crippen molar-refractivity contribution >= 4 is 27.8 Å². The van der Waals surface area contributed by atoms with Crippen LogP contribution in [0.2, 0.25) is 0 Å². The molecule has 5 nitrogen and oxygen atoms in total. The molecule has 0 aliphatic carbocycles. The van der Waals surface area contributed by atoms with Crippen LogP contribution >= 0.6 is 0 Å². The van der Waals surface area contributed by atoms with Crippen molar-refractivity contribution in [1.29, 1.82) is 0 Å². The van der Waals surface area contributed by atoms with Gasteiger partial charge < -0.3 is 13.8 Å². The summed E-state index contributed by atoms with van der Waals surface area (Å²) >= 11 is 0. The number of carbonyl (C=O) groups excluding carboxylic acids is 1. The highest BCUT2D eigenvalue weighted by molar-refractivity contribution is 5.86. The van der Waals surface area contributed by atoms with Crippen LogP contribution in [-0.4, -0.2) is 23.0 Å². The molecule has 2 aromatic carbocycles. The van der Waals surface area contributed by atoms with Crippen LogP contribution in [0.3, 0.4) is 0 Å². The van der Waals surface area contributed by atoms with Crippen LogP contribution in [0.25, 0.3) is 21.9 Å². The minimum Gasteiger partial charge on any atom is -0.459 e. The summed E-state index contributed by atoms with van der Waals surface area (Å²) in [6, 6.07) is 17.2. The molecule has 2 heterocycles. The first kappa shape index (κ1) is 15.4. The van der Waals surface area contributed by atoms with Crippen molar-refractivity contribution < 1.29 is 13.7 Å². The lowest BCUT2D eigenvalue weighted by Gasteiger charge is -2.23. The third-order valence-electron chi connectivity index (χ3n) is 4.60. The van der Waals surface area contributed by atoms with Crippen molar-refractivity contribution in [3.63, 3.8) is 0 Å². The Balaban J connectivity index is 1.55. The molecule has 25 heavy (non-hydrogen) atoms. The number of benzene rings is 2. The molecule has 1 amide bonds. The molecule has 0 saturated heterocycles. The van der Waals surface area contributed by atoms with Crippen LogP contribution in [-0.2, 0) is 11.2 Å². The van der Waals surface area contributed by atoms with E-state index in [1.165, 1.54) is 0 Å². The Bertz CT molecular complexity index is 1010. The van der Waals surface area contributed by atoms with Gasteiger partial charge in [-0.15, -0.1) is 0 Å². The number of likely N-dealkylation sites (N-methyl/N-ethyl adjacent to an activating group) is 1. The Labute approximate surface area is 144 Å². The van der Waals surface area contributed by atoms with Gasteiger partial charge in [0, 0.05) is 17.8 Å². The van der Waals surface area contributed by atoms with E-state index in [0.717, 1.165) is 22.1 Å². The maximum absolute atomic E-state index is 12.7. The molecule has 2 aromatic heterocycles. The quantitative estimate of drug-likeness (QED) is 0.557. The Morgan fingerprint density at radius 2 is 1.84 bits per heavy atom. The number of hydrogen-bond donors (Lipinski definition) is 0. The molecule has 0 radical (unpaired) electrons. The van der Waals surface area contributed by atoms with Crippen molar-refractivity contribution in [1.82, 2.24) is 10.1 Å². The normalized spacial score (nSPS) is 12.6. The molecular formula is C20H18N2O3. The van der Waals surface area contributed by atoms with Gasteiger partial charge in [0.05, 0.1) is 12.5 Å². The molecule has 126 valence electrons. The van der Waals surface area contributed by atoms with Crippen LogP contribution in [0.4, 0.5) is 0 Å². The Morgan fingerprint density at radius 1 is 1.12 bits per heavy atom. The molecular weight excluding hydrogens is 316 g/mol. The maximum Gasteiger partial charge on any atom is 0.229 e. The fraction of sp³-hybridized carbons (Fsp3) is 0.200. The molecule has 0 bridgehead atoms. The topological polar surface area (TPSA) is 59.5 Å². The zero-order chi connectivity index (χ0) is 17.4. The van der Waals surface area contributed by atoms with Gasteiger partial charge in [-0.3, -0.25) is 4.79 Å². The summed E-state index contributed by atoms with van der Waals surface area (Å²) in [5.41, 5.74) is 2.18. The van der Waals surface area contributed by atoms with Gasteiger partial charge >= 0.3 is 0 Å². The molecule has 1 atom stereocenters. The lowest BCUT2D eigenvalue weighted by Crippen LogP contribution is -2.30. The highest BCUT2D eigenvalue weighted by Gasteiger charge is 2.22. The van der Waals surface area contributed by atoms with E-state index in [9.17, 15) is 4.79 Å². The number of aromatic nitrogens is 1. The van der Waals surface area contributed by atoms with E-state index in [2.05, 4.69) is 5.16 Å². The van der Waals surface area contributed by atoms with E-state index in [-0.39, 0.29) is 18.4 Å². The second kappa shape index (κ2) is 6.09. The average molecular weight is 334 g/mol. The van der Waals surface area contributed by atoms with E-state index in [0.29, 0.717) is 11.3 Å². The first-order valence-corrected chi connectivity index (χ1v) is 8.21. The van der Waals surface area contributed by atoms with Gasteiger partial charge in [-0.2, -0.15) is 0 Å². The summed E-state index contributed by atoms with van der Waals surface area (Å²) in [5.74, 6) is 0.731. The summed E-state index contributed by atoms with van der Waals surface area (Å²) in [4.78, 5) is 14.4. The first-order valence-electron chi connectivity index (χ1n) is 8.21. The van der Waals surface area contributed by atoms with Crippen LogP contribution < -0.4 is 0 Å². The molecule has 0 N–H and O–H groups in total. The first-order chi connectivity index (χ1) is 12.1. The minimum absolute atomic E-state index is 0.0352. The van der Waals surface area contributed by atoms with E-state index >= 15 is 0 Å². The average Bonchev–Trinajstić information content (AvgIpc) is 3.25. The largest absolute Gasteiger partial charge is 0.459 e. The van der Waals surface area contributed by atoms with Crippen LogP contribution in [0.1, 0.15) is 24.4 Å². The van der Waals surface area contributed by atoms with Crippen molar-refractivity contribution in [3.05, 3.63) is 66.1 Å². The number of nitrogens with zero attached hydrogens (tertiary/aromatic N) is 2. The smallest absolute Gasteiger partial charge is 0.229 e. The lowest BCUT2D eigenvalue weighted by atomic mass is 10.1. The number of hydrogen-bond acceptors (Lipinski definition) is 4. The van der Waals surface area contributed by atoms with Crippen molar-refractivity contribution in [2.24, 2.45) is 0 Å². The van der Waals surface area contributed by atoms with Gasteiger partial charge in [0.1, 0.15) is 17.0 Å². The monoisotopic (exact) mass is 334 g/mol. The second-order valence-corrected chi connectivity index (χ2v) is 6.17. The van der Waals surface area contributed by atoms with Crippen LogP contribution in [0.15, 0.2) is 63.5 Å². The highest BCUT2D eigenvalue weighted by Crippen LogP contribution is 2.27. The SMILES string of the molecule is C[C@H](c1cc2ccccc2o1)N(C)C(=O)Cc1noc2ccccc12. The number of fused-ring (bicyclic) bond motifs is 2. The molecule has 5 heteroatoms. The van der Waals surface area contributed by atoms with Crippen molar-refractivity contribution in [3.8, 4) is 0 Å². The molecule has 4 rings (SSSR count). The summed E-state index contributed by atoms with van der Waals surface area (Å²) in [7, 11) is 1.78. The Hall–Kier alpha value is -3.08. The molecule has 0 aliphatic rings. The number of rotatable bonds is 4. The number of carbonyl (C=O) groups is 1. The summed E-state index contributed by atoms with van der Waals surface area (Å²) in [5, 5.41) is 5.95. The summed E-state index contributed by atoms with van der Waals surface area (Å²) < 4.78 is 11.2. The molecule has 0 aliphatic heterocycles. The highest BCUT2D eigenvalue weighted by atomic mass is 16.5. The third-order valence-corrected chi connectivity index (χ3v) is 4.60. The Kier molecular flexibility index (Phi) is 3.76. The minimum atomic E-state index is -0.168. The van der Waals surface area contributed by atoms with Crippen LogP contribution in [0, 0.1) is 0 Å². The summed E-state index contributed by atoms with van der Waals surface area (Å²) in [6.45, 7) is 1.95. The van der Waals surface area contributed by atoms with E-state index in [1.807, 2.05) is 61.5 Å². The third kappa shape index (κ3) is 2.78. The summed E-state index contributed by atoms with van der Waals surface area (Å²) in [6.07, 6.45) is 0.193. The molecule has 0 fully saturated rings. The molecule has 0 spiro atoms. The number of amides is 1. The standard InChI is InChI=1S/C20H18N2O3/c1-13(19-11-14-7-3-5-9-17(14)24-19)22(2)20(23)12-16-15-8-4-6-10-18(15)25-21-16/h3-11,13H,12H2,1-2H3/t13-/m1/s1. The van der Waals surface area contributed by atoms with E-state index < -0.39 is 0 Å². The molecule has 0 saturated carbocycles. The van der Waals surface area contributed by atoms with E-state index in [1.54, 1.807) is 11.9 Å². The number of para-hydroxylation sites is 2. The zero-order valence-electron chi connectivity index (χ0n) is 14.1. The van der Waals surface area contributed by atoms with Crippen molar-refractivity contribution in [2.75, 3.05) is 7.05 Å².